The third-order valence-electron chi connectivity index (χ3n) is 4.47. The monoisotopic (exact) mass is 352 g/mol. The van der Waals surface area contributed by atoms with Crippen LogP contribution in [-0.4, -0.2) is 35.1 Å². The maximum atomic E-state index is 12.9. The van der Waals surface area contributed by atoms with Gasteiger partial charge in [0.1, 0.15) is 5.76 Å². The highest BCUT2D eigenvalue weighted by atomic mass is 19.4. The number of benzene rings is 1. The van der Waals surface area contributed by atoms with Crippen molar-refractivity contribution in [3.8, 4) is 11.5 Å². The Kier molecular flexibility index (Phi) is 4.83. The lowest BCUT2D eigenvalue weighted by Gasteiger charge is -2.33. The summed E-state index contributed by atoms with van der Waals surface area (Å²) in [5.74, 6) is -0.863. The number of aryl methyl sites for hydroxylation is 1. The van der Waals surface area contributed by atoms with E-state index in [1.54, 1.807) is 6.92 Å². The second-order valence-electron chi connectivity index (χ2n) is 6.29. The van der Waals surface area contributed by atoms with E-state index in [1.807, 2.05) is 30.3 Å². The summed E-state index contributed by atoms with van der Waals surface area (Å²) in [5.41, 5.74) is 1.26. The molecule has 1 aliphatic rings. The van der Waals surface area contributed by atoms with Gasteiger partial charge in [0, 0.05) is 18.7 Å². The Bertz CT molecular complexity index is 741. The van der Waals surface area contributed by atoms with E-state index in [-0.39, 0.29) is 25.3 Å². The zero-order chi connectivity index (χ0) is 18.0. The van der Waals surface area contributed by atoms with Crippen molar-refractivity contribution >= 4 is 5.91 Å². The van der Waals surface area contributed by atoms with Gasteiger partial charge in [0.05, 0.1) is 18.0 Å². The van der Waals surface area contributed by atoms with Crippen LogP contribution in [0.25, 0.3) is 11.5 Å². The van der Waals surface area contributed by atoms with Crippen molar-refractivity contribution in [2.45, 2.75) is 32.4 Å². The average Bonchev–Trinajstić information content (AvgIpc) is 2.96. The molecule has 1 saturated heterocycles. The predicted molar refractivity (Wildman–Crippen MR) is 85.7 cm³/mol. The van der Waals surface area contributed by atoms with Crippen LogP contribution in [0, 0.1) is 12.8 Å². The molecule has 1 aliphatic heterocycles. The molecule has 2 heterocycles. The molecule has 134 valence electrons. The Hall–Kier alpha value is -2.31. The first-order valence-electron chi connectivity index (χ1n) is 8.21. The molecule has 7 heteroatoms. The van der Waals surface area contributed by atoms with E-state index < -0.39 is 12.1 Å². The van der Waals surface area contributed by atoms with Crippen molar-refractivity contribution in [1.29, 1.82) is 0 Å². The minimum Gasteiger partial charge on any atom is -0.441 e. The average molecular weight is 352 g/mol. The van der Waals surface area contributed by atoms with E-state index in [2.05, 4.69) is 4.98 Å². The number of halogens is 3. The smallest absolute Gasteiger partial charge is 0.393 e. The highest BCUT2D eigenvalue weighted by Gasteiger charge is 2.42. The zero-order valence-electron chi connectivity index (χ0n) is 13.8. The SMILES string of the molecule is Cc1oc(-c2ccccc2)nc1CC(=O)N1CCCC(C(F)(F)F)C1. The molecule has 0 aliphatic carbocycles. The molecule has 2 aromatic rings. The first-order valence-corrected chi connectivity index (χ1v) is 8.21. The molecule has 0 bridgehead atoms. The maximum Gasteiger partial charge on any atom is 0.393 e. The molecule has 3 rings (SSSR count). The molecule has 1 unspecified atom stereocenters. The molecule has 25 heavy (non-hydrogen) atoms. The Balaban J connectivity index is 1.70. The number of alkyl halides is 3. The maximum absolute atomic E-state index is 12.9. The second kappa shape index (κ2) is 6.90. The van der Waals surface area contributed by atoms with Gasteiger partial charge >= 0.3 is 6.18 Å². The summed E-state index contributed by atoms with van der Waals surface area (Å²) in [7, 11) is 0. The summed E-state index contributed by atoms with van der Waals surface area (Å²) in [6, 6.07) is 9.26. The minimum atomic E-state index is -4.26. The Morgan fingerprint density at radius 1 is 1.32 bits per heavy atom. The number of piperidine rings is 1. The van der Waals surface area contributed by atoms with Crippen LogP contribution in [0.4, 0.5) is 13.2 Å². The van der Waals surface area contributed by atoms with Crippen LogP contribution in [0.3, 0.4) is 0 Å². The summed E-state index contributed by atoms with van der Waals surface area (Å²) in [6.07, 6.45) is -3.87. The van der Waals surface area contributed by atoms with Crippen molar-refractivity contribution in [3.05, 3.63) is 41.8 Å². The Morgan fingerprint density at radius 3 is 2.72 bits per heavy atom. The van der Waals surface area contributed by atoms with Crippen LogP contribution in [0.15, 0.2) is 34.7 Å². The fourth-order valence-electron chi connectivity index (χ4n) is 3.02. The topological polar surface area (TPSA) is 46.3 Å². The molecule has 4 nitrogen and oxygen atoms in total. The number of likely N-dealkylation sites (tertiary alicyclic amines) is 1. The predicted octanol–water partition coefficient (Wildman–Crippen LogP) is 3.99. The number of rotatable bonds is 3. The summed E-state index contributed by atoms with van der Waals surface area (Å²) in [6.45, 7) is 1.79. The molecule has 1 atom stereocenters. The van der Waals surface area contributed by atoms with E-state index in [0.717, 1.165) is 5.56 Å². The van der Waals surface area contributed by atoms with Gasteiger partial charge in [-0.2, -0.15) is 13.2 Å². The van der Waals surface area contributed by atoms with Crippen LogP contribution in [0.5, 0.6) is 0 Å². The number of aromatic nitrogens is 1. The summed E-state index contributed by atoms with van der Waals surface area (Å²) in [5, 5.41) is 0. The molecular weight excluding hydrogens is 333 g/mol. The van der Waals surface area contributed by atoms with Gasteiger partial charge in [-0.25, -0.2) is 4.98 Å². The molecule has 0 saturated carbocycles. The van der Waals surface area contributed by atoms with Crippen molar-refractivity contribution in [2.75, 3.05) is 13.1 Å². The molecule has 0 N–H and O–H groups in total. The lowest BCUT2D eigenvalue weighted by atomic mass is 9.97. The molecular formula is C18H19F3N2O2. The molecule has 1 amide bonds. The lowest BCUT2D eigenvalue weighted by Crippen LogP contribution is -2.45. The van der Waals surface area contributed by atoms with Gasteiger partial charge < -0.3 is 9.32 Å². The van der Waals surface area contributed by atoms with Crippen molar-refractivity contribution < 1.29 is 22.4 Å². The standard InChI is InChI=1S/C18H19F3N2O2/c1-12-15(22-17(25-12)13-6-3-2-4-7-13)10-16(24)23-9-5-8-14(11-23)18(19,20)21/h2-4,6-7,14H,5,8-11H2,1H3. The Labute approximate surface area is 143 Å². The van der Waals surface area contributed by atoms with E-state index >= 15 is 0 Å². The number of carbonyl (C=O) groups excluding carboxylic acids is 1. The quantitative estimate of drug-likeness (QED) is 0.839. The lowest BCUT2D eigenvalue weighted by molar-refractivity contribution is -0.187. The van der Waals surface area contributed by atoms with E-state index in [0.29, 0.717) is 30.3 Å². The van der Waals surface area contributed by atoms with E-state index in [4.69, 9.17) is 4.42 Å². The normalized spacial score (nSPS) is 18.4. The third-order valence-corrected chi connectivity index (χ3v) is 4.47. The van der Waals surface area contributed by atoms with Crippen LogP contribution in [0.1, 0.15) is 24.3 Å². The number of amides is 1. The number of nitrogens with zero attached hydrogens (tertiary/aromatic N) is 2. The van der Waals surface area contributed by atoms with Crippen molar-refractivity contribution in [2.24, 2.45) is 5.92 Å². The van der Waals surface area contributed by atoms with E-state index in [1.165, 1.54) is 4.90 Å². The van der Waals surface area contributed by atoms with Crippen LogP contribution < -0.4 is 0 Å². The molecule has 1 aromatic heterocycles. The number of hydrogen-bond donors (Lipinski definition) is 0. The van der Waals surface area contributed by atoms with Crippen molar-refractivity contribution in [3.63, 3.8) is 0 Å². The van der Waals surface area contributed by atoms with E-state index in [9.17, 15) is 18.0 Å². The minimum absolute atomic E-state index is 0.0489. The number of oxazole rings is 1. The van der Waals surface area contributed by atoms with Gasteiger partial charge in [-0.1, -0.05) is 18.2 Å². The van der Waals surface area contributed by atoms with Gasteiger partial charge in [-0.3, -0.25) is 4.79 Å². The Morgan fingerprint density at radius 2 is 2.04 bits per heavy atom. The fourth-order valence-corrected chi connectivity index (χ4v) is 3.02. The summed E-state index contributed by atoms with van der Waals surface area (Å²) in [4.78, 5) is 18.1. The zero-order valence-corrected chi connectivity index (χ0v) is 13.8. The third kappa shape index (κ3) is 4.03. The highest BCUT2D eigenvalue weighted by molar-refractivity contribution is 5.78. The molecule has 0 spiro atoms. The number of carbonyl (C=O) groups is 1. The van der Waals surface area contributed by atoms with Crippen molar-refractivity contribution in [1.82, 2.24) is 9.88 Å². The van der Waals surface area contributed by atoms with Gasteiger partial charge in [-0.15, -0.1) is 0 Å². The summed E-state index contributed by atoms with van der Waals surface area (Å²) >= 11 is 0. The largest absolute Gasteiger partial charge is 0.441 e. The highest BCUT2D eigenvalue weighted by Crippen LogP contribution is 2.33. The second-order valence-corrected chi connectivity index (χ2v) is 6.29. The summed E-state index contributed by atoms with van der Waals surface area (Å²) < 4.78 is 44.3. The fraction of sp³-hybridized carbons (Fsp3) is 0.444. The first-order chi connectivity index (χ1) is 11.8. The molecule has 1 fully saturated rings. The molecule has 0 radical (unpaired) electrons. The van der Waals surface area contributed by atoms with Crippen LogP contribution >= 0.6 is 0 Å². The number of hydrogen-bond acceptors (Lipinski definition) is 3. The van der Waals surface area contributed by atoms with Gasteiger partial charge in [-0.05, 0) is 31.9 Å². The van der Waals surface area contributed by atoms with Crippen LogP contribution in [0.2, 0.25) is 0 Å². The van der Waals surface area contributed by atoms with Crippen LogP contribution in [-0.2, 0) is 11.2 Å². The van der Waals surface area contributed by atoms with Gasteiger partial charge in [0.2, 0.25) is 11.8 Å². The molecule has 1 aromatic carbocycles. The first kappa shape index (κ1) is 17.5. The van der Waals surface area contributed by atoms with Gasteiger partial charge in [0.25, 0.3) is 0 Å². The van der Waals surface area contributed by atoms with Gasteiger partial charge in [0.15, 0.2) is 0 Å².